The highest BCUT2D eigenvalue weighted by Gasteiger charge is 2.19. The number of halogens is 2. The normalized spacial score (nSPS) is 12.4. The highest BCUT2D eigenvalue weighted by atomic mass is 35.5. The number of carbonyl (C=O) groups excluding carboxylic acids is 1. The van der Waals surface area contributed by atoms with Gasteiger partial charge >= 0.3 is 0 Å². The van der Waals surface area contributed by atoms with Gasteiger partial charge in [-0.1, -0.05) is 23.2 Å². The van der Waals surface area contributed by atoms with Crippen molar-refractivity contribution in [3.63, 3.8) is 0 Å². The van der Waals surface area contributed by atoms with Crippen molar-refractivity contribution in [3.8, 4) is 0 Å². The third kappa shape index (κ3) is 4.00. The van der Waals surface area contributed by atoms with E-state index in [1.807, 2.05) is 31.1 Å². The highest BCUT2D eigenvalue weighted by molar-refractivity contribution is 6.35. The van der Waals surface area contributed by atoms with Crippen molar-refractivity contribution in [2.45, 2.75) is 6.04 Å². The summed E-state index contributed by atoms with van der Waals surface area (Å²) >= 11 is 11.9. The summed E-state index contributed by atoms with van der Waals surface area (Å²) in [6.45, 7) is 0.405. The van der Waals surface area contributed by atoms with Gasteiger partial charge in [0.2, 0.25) is 0 Å². The van der Waals surface area contributed by atoms with E-state index >= 15 is 0 Å². The van der Waals surface area contributed by atoms with Gasteiger partial charge in [-0.05, 0) is 44.4 Å². The fraction of sp³-hybridized carbons (Fsp3) is 0.267. The summed E-state index contributed by atoms with van der Waals surface area (Å²) in [7, 11) is 3.84. The molecule has 0 radical (unpaired) electrons. The van der Waals surface area contributed by atoms with Gasteiger partial charge < -0.3 is 9.73 Å². The molecule has 0 saturated carbocycles. The number of hydrogen-bond acceptors (Lipinski definition) is 3. The fourth-order valence-electron chi connectivity index (χ4n) is 1.97. The summed E-state index contributed by atoms with van der Waals surface area (Å²) in [5.74, 6) is 0.526. The highest BCUT2D eigenvalue weighted by Crippen LogP contribution is 2.21. The molecule has 0 saturated heterocycles. The lowest BCUT2D eigenvalue weighted by Gasteiger charge is -2.22. The molecule has 1 aromatic carbocycles. The largest absolute Gasteiger partial charge is 0.468 e. The van der Waals surface area contributed by atoms with Gasteiger partial charge in [0, 0.05) is 11.6 Å². The standard InChI is InChI=1S/C15H16Cl2N2O2/c1-19(2)13(14-4-3-7-21-14)9-18-15(20)11-8-10(16)5-6-12(11)17/h3-8,13H,9H2,1-2H3,(H,18,20). The molecule has 1 amide bonds. The van der Waals surface area contributed by atoms with E-state index in [9.17, 15) is 4.79 Å². The molecule has 2 aromatic rings. The molecule has 112 valence electrons. The average molecular weight is 327 g/mol. The lowest BCUT2D eigenvalue weighted by molar-refractivity contribution is 0.0939. The van der Waals surface area contributed by atoms with Gasteiger partial charge in [0.1, 0.15) is 5.76 Å². The SMILES string of the molecule is CN(C)C(CNC(=O)c1cc(Cl)ccc1Cl)c1ccco1. The van der Waals surface area contributed by atoms with Crippen LogP contribution in [0.1, 0.15) is 22.2 Å². The summed E-state index contributed by atoms with van der Waals surface area (Å²) in [5, 5.41) is 3.70. The molecule has 1 aromatic heterocycles. The fourth-order valence-corrected chi connectivity index (χ4v) is 2.35. The number of carbonyl (C=O) groups is 1. The lowest BCUT2D eigenvalue weighted by atomic mass is 10.1. The Labute approximate surface area is 133 Å². The second-order valence-corrected chi connectivity index (χ2v) is 5.67. The van der Waals surface area contributed by atoms with Crippen LogP contribution >= 0.6 is 23.2 Å². The summed E-state index contributed by atoms with van der Waals surface area (Å²) in [4.78, 5) is 14.2. The van der Waals surface area contributed by atoms with Crippen LogP contribution < -0.4 is 5.32 Å². The van der Waals surface area contributed by atoms with Crippen molar-refractivity contribution in [3.05, 3.63) is 58.0 Å². The van der Waals surface area contributed by atoms with Gasteiger partial charge in [0.25, 0.3) is 5.91 Å². The van der Waals surface area contributed by atoms with Crippen LogP contribution in [0.4, 0.5) is 0 Å². The van der Waals surface area contributed by atoms with Crippen LogP contribution in [0.25, 0.3) is 0 Å². The molecule has 0 aliphatic heterocycles. The molecule has 21 heavy (non-hydrogen) atoms. The molecule has 0 aliphatic rings. The zero-order valence-electron chi connectivity index (χ0n) is 11.8. The van der Waals surface area contributed by atoms with Crippen LogP contribution in [0.15, 0.2) is 41.0 Å². The molecule has 1 N–H and O–H groups in total. The first-order valence-electron chi connectivity index (χ1n) is 6.42. The van der Waals surface area contributed by atoms with E-state index in [1.54, 1.807) is 24.5 Å². The topological polar surface area (TPSA) is 45.5 Å². The summed E-state index contributed by atoms with van der Waals surface area (Å²) in [6, 6.07) is 8.45. The molecular formula is C15H16Cl2N2O2. The van der Waals surface area contributed by atoms with Crippen molar-refractivity contribution in [1.82, 2.24) is 10.2 Å². The summed E-state index contributed by atoms with van der Waals surface area (Å²) in [6.07, 6.45) is 1.61. The first kappa shape index (κ1) is 15.9. The molecule has 0 aliphatic carbocycles. The molecule has 1 heterocycles. The zero-order chi connectivity index (χ0) is 15.4. The Balaban J connectivity index is 2.07. The van der Waals surface area contributed by atoms with Gasteiger partial charge in [-0.25, -0.2) is 0 Å². The number of likely N-dealkylation sites (N-methyl/N-ethyl adjacent to an activating group) is 1. The van der Waals surface area contributed by atoms with Crippen LogP contribution in [0.2, 0.25) is 10.0 Å². The molecule has 0 spiro atoms. The van der Waals surface area contributed by atoms with E-state index in [0.717, 1.165) is 5.76 Å². The van der Waals surface area contributed by atoms with Gasteiger partial charge in [0.15, 0.2) is 0 Å². The predicted molar refractivity (Wildman–Crippen MR) is 83.9 cm³/mol. The monoisotopic (exact) mass is 326 g/mol. The summed E-state index contributed by atoms with van der Waals surface area (Å²) in [5.41, 5.74) is 0.362. The molecule has 0 fully saturated rings. The number of nitrogens with one attached hydrogen (secondary N) is 1. The van der Waals surface area contributed by atoms with Gasteiger partial charge in [-0.2, -0.15) is 0 Å². The molecular weight excluding hydrogens is 311 g/mol. The molecule has 4 nitrogen and oxygen atoms in total. The van der Waals surface area contributed by atoms with E-state index in [-0.39, 0.29) is 11.9 Å². The number of furan rings is 1. The maximum atomic E-state index is 12.2. The van der Waals surface area contributed by atoms with Gasteiger partial charge in [-0.15, -0.1) is 0 Å². The maximum absolute atomic E-state index is 12.2. The van der Waals surface area contributed by atoms with Crippen molar-refractivity contribution >= 4 is 29.1 Å². The van der Waals surface area contributed by atoms with Crippen molar-refractivity contribution in [2.75, 3.05) is 20.6 Å². The Bertz CT molecular complexity index is 612. The van der Waals surface area contributed by atoms with Crippen molar-refractivity contribution in [2.24, 2.45) is 0 Å². The Morgan fingerprint density at radius 2 is 2.10 bits per heavy atom. The second kappa shape index (κ2) is 6.98. The van der Waals surface area contributed by atoms with E-state index in [0.29, 0.717) is 22.2 Å². The number of rotatable bonds is 5. The molecule has 6 heteroatoms. The number of nitrogens with zero attached hydrogens (tertiary/aromatic N) is 1. The number of benzene rings is 1. The van der Waals surface area contributed by atoms with Crippen molar-refractivity contribution < 1.29 is 9.21 Å². The van der Waals surface area contributed by atoms with Gasteiger partial charge in [0.05, 0.1) is 22.9 Å². The van der Waals surface area contributed by atoms with Gasteiger partial charge in [-0.3, -0.25) is 9.69 Å². The Morgan fingerprint density at radius 3 is 2.71 bits per heavy atom. The van der Waals surface area contributed by atoms with E-state index in [4.69, 9.17) is 27.6 Å². The zero-order valence-corrected chi connectivity index (χ0v) is 13.3. The Kier molecular flexibility index (Phi) is 5.28. The quantitative estimate of drug-likeness (QED) is 0.912. The van der Waals surface area contributed by atoms with Crippen LogP contribution in [-0.2, 0) is 0 Å². The number of hydrogen-bond donors (Lipinski definition) is 1. The first-order valence-corrected chi connectivity index (χ1v) is 7.17. The van der Waals surface area contributed by atoms with E-state index in [1.165, 1.54) is 0 Å². The molecule has 2 rings (SSSR count). The number of amides is 1. The Hall–Kier alpha value is -1.49. The minimum absolute atomic E-state index is 0.0538. The van der Waals surface area contributed by atoms with Crippen LogP contribution in [0.3, 0.4) is 0 Å². The van der Waals surface area contributed by atoms with Crippen molar-refractivity contribution in [1.29, 1.82) is 0 Å². The lowest BCUT2D eigenvalue weighted by Crippen LogP contribution is -2.34. The summed E-state index contributed by atoms with van der Waals surface area (Å²) < 4.78 is 5.40. The van der Waals surface area contributed by atoms with E-state index < -0.39 is 0 Å². The maximum Gasteiger partial charge on any atom is 0.252 e. The Morgan fingerprint density at radius 1 is 1.33 bits per heavy atom. The minimum Gasteiger partial charge on any atom is -0.468 e. The minimum atomic E-state index is -0.263. The third-order valence-electron chi connectivity index (χ3n) is 3.12. The smallest absolute Gasteiger partial charge is 0.252 e. The van der Waals surface area contributed by atoms with Crippen LogP contribution in [0.5, 0.6) is 0 Å². The molecule has 0 bridgehead atoms. The molecule has 1 atom stereocenters. The molecule has 1 unspecified atom stereocenters. The first-order chi connectivity index (χ1) is 9.99. The van der Waals surface area contributed by atoms with Crippen LogP contribution in [0, 0.1) is 0 Å². The second-order valence-electron chi connectivity index (χ2n) is 4.83. The van der Waals surface area contributed by atoms with E-state index in [2.05, 4.69) is 5.32 Å². The third-order valence-corrected chi connectivity index (χ3v) is 3.69. The average Bonchev–Trinajstić information content (AvgIpc) is 2.95. The van der Waals surface area contributed by atoms with Crippen LogP contribution in [-0.4, -0.2) is 31.4 Å². The predicted octanol–water partition coefficient (Wildman–Crippen LogP) is 3.62.